The third-order valence-corrected chi connectivity index (χ3v) is 1.93. The number of nitrogens with one attached hydrogen (secondary N) is 1. The SMILES string of the molecule is C[C@H](Nc1ccc(Br)cn1)C(=O)O. The molecule has 1 aromatic rings. The van der Waals surface area contributed by atoms with Crippen LogP contribution in [-0.2, 0) is 4.79 Å². The maximum absolute atomic E-state index is 10.5. The Kier molecular flexibility index (Phi) is 3.25. The van der Waals surface area contributed by atoms with E-state index in [0.717, 1.165) is 4.47 Å². The lowest BCUT2D eigenvalue weighted by molar-refractivity contribution is -0.137. The second-order valence-corrected chi connectivity index (χ2v) is 3.48. The average molecular weight is 245 g/mol. The average Bonchev–Trinajstić information content (AvgIpc) is 2.08. The minimum absolute atomic E-state index is 0.554. The molecule has 0 bridgehead atoms. The Morgan fingerprint density at radius 2 is 2.38 bits per heavy atom. The smallest absolute Gasteiger partial charge is 0.325 e. The number of halogens is 1. The highest BCUT2D eigenvalue weighted by Gasteiger charge is 2.09. The molecule has 0 radical (unpaired) electrons. The van der Waals surface area contributed by atoms with Crippen molar-refractivity contribution in [2.45, 2.75) is 13.0 Å². The highest BCUT2D eigenvalue weighted by atomic mass is 79.9. The summed E-state index contributed by atoms with van der Waals surface area (Å²) in [6, 6.07) is 2.88. The molecule has 70 valence electrons. The zero-order valence-electron chi connectivity index (χ0n) is 6.99. The normalized spacial score (nSPS) is 12.2. The van der Waals surface area contributed by atoms with Crippen LogP contribution in [0, 0.1) is 0 Å². The van der Waals surface area contributed by atoms with Crippen molar-refractivity contribution in [3.05, 3.63) is 22.8 Å². The molecule has 0 fully saturated rings. The first-order valence-corrected chi connectivity index (χ1v) is 4.50. The van der Waals surface area contributed by atoms with Gasteiger partial charge in [0.05, 0.1) is 0 Å². The van der Waals surface area contributed by atoms with E-state index in [1.54, 1.807) is 25.3 Å². The number of pyridine rings is 1. The Labute approximate surface area is 84.1 Å². The fraction of sp³-hybridized carbons (Fsp3) is 0.250. The zero-order chi connectivity index (χ0) is 9.84. The Morgan fingerprint density at radius 1 is 1.69 bits per heavy atom. The van der Waals surface area contributed by atoms with Crippen LogP contribution in [-0.4, -0.2) is 22.1 Å². The van der Waals surface area contributed by atoms with Crippen LogP contribution in [0.25, 0.3) is 0 Å². The van der Waals surface area contributed by atoms with Crippen LogP contribution in [0.1, 0.15) is 6.92 Å². The Morgan fingerprint density at radius 3 is 2.85 bits per heavy atom. The molecule has 1 rings (SSSR count). The number of aromatic nitrogens is 1. The number of hydrogen-bond acceptors (Lipinski definition) is 3. The second kappa shape index (κ2) is 4.23. The molecule has 0 amide bonds. The van der Waals surface area contributed by atoms with Gasteiger partial charge in [-0.25, -0.2) is 4.98 Å². The maximum atomic E-state index is 10.5. The van der Waals surface area contributed by atoms with Crippen LogP contribution in [0.4, 0.5) is 5.82 Å². The van der Waals surface area contributed by atoms with Crippen molar-refractivity contribution in [3.63, 3.8) is 0 Å². The summed E-state index contributed by atoms with van der Waals surface area (Å²) in [6.45, 7) is 1.56. The van der Waals surface area contributed by atoms with Gasteiger partial charge in [0.25, 0.3) is 0 Å². The van der Waals surface area contributed by atoms with Crippen molar-refractivity contribution >= 4 is 27.7 Å². The molecule has 0 aliphatic heterocycles. The van der Waals surface area contributed by atoms with Crippen molar-refractivity contribution in [2.24, 2.45) is 0 Å². The Bertz CT molecular complexity index is 300. The van der Waals surface area contributed by atoms with Gasteiger partial charge >= 0.3 is 5.97 Å². The monoisotopic (exact) mass is 244 g/mol. The van der Waals surface area contributed by atoms with Crippen molar-refractivity contribution in [3.8, 4) is 0 Å². The van der Waals surface area contributed by atoms with Gasteiger partial charge in [-0.2, -0.15) is 0 Å². The van der Waals surface area contributed by atoms with Gasteiger partial charge in [-0.15, -0.1) is 0 Å². The number of hydrogen-bond donors (Lipinski definition) is 2. The lowest BCUT2D eigenvalue weighted by Gasteiger charge is -2.08. The van der Waals surface area contributed by atoms with E-state index in [2.05, 4.69) is 26.2 Å². The zero-order valence-corrected chi connectivity index (χ0v) is 8.58. The van der Waals surface area contributed by atoms with Gasteiger partial charge in [-0.1, -0.05) is 0 Å². The topological polar surface area (TPSA) is 62.2 Å². The molecule has 1 aromatic heterocycles. The van der Waals surface area contributed by atoms with Crippen molar-refractivity contribution in [2.75, 3.05) is 5.32 Å². The summed E-state index contributed by atoms with van der Waals surface area (Å²) in [4.78, 5) is 14.5. The summed E-state index contributed by atoms with van der Waals surface area (Å²) < 4.78 is 0.862. The molecule has 4 nitrogen and oxygen atoms in total. The molecule has 0 saturated heterocycles. The van der Waals surface area contributed by atoms with E-state index in [9.17, 15) is 4.79 Å². The molecule has 5 heteroatoms. The number of carboxylic acids is 1. The van der Waals surface area contributed by atoms with Gasteiger partial charge in [0, 0.05) is 10.7 Å². The van der Waals surface area contributed by atoms with E-state index < -0.39 is 12.0 Å². The van der Waals surface area contributed by atoms with Crippen LogP contribution in [0.15, 0.2) is 22.8 Å². The summed E-state index contributed by atoms with van der Waals surface area (Å²) in [7, 11) is 0. The molecule has 0 aliphatic rings. The number of aliphatic carboxylic acids is 1. The molecule has 0 unspecified atom stereocenters. The summed E-state index contributed by atoms with van der Waals surface area (Å²) in [6.07, 6.45) is 1.61. The number of rotatable bonds is 3. The summed E-state index contributed by atoms with van der Waals surface area (Å²) in [5.41, 5.74) is 0. The van der Waals surface area contributed by atoms with E-state index in [0.29, 0.717) is 5.82 Å². The molecule has 0 spiro atoms. The largest absolute Gasteiger partial charge is 0.480 e. The summed E-state index contributed by atoms with van der Waals surface area (Å²) >= 11 is 3.23. The lowest BCUT2D eigenvalue weighted by atomic mass is 10.3. The highest BCUT2D eigenvalue weighted by molar-refractivity contribution is 9.10. The number of carbonyl (C=O) groups is 1. The van der Waals surface area contributed by atoms with Crippen LogP contribution in [0.2, 0.25) is 0 Å². The summed E-state index contributed by atoms with van der Waals surface area (Å²) in [5, 5.41) is 11.3. The van der Waals surface area contributed by atoms with Crippen LogP contribution >= 0.6 is 15.9 Å². The predicted molar refractivity (Wildman–Crippen MR) is 52.7 cm³/mol. The molecule has 0 aliphatic carbocycles. The number of carboxylic acid groups (broad SMARTS) is 1. The third-order valence-electron chi connectivity index (χ3n) is 1.46. The van der Waals surface area contributed by atoms with Gasteiger partial charge in [-0.05, 0) is 35.0 Å². The maximum Gasteiger partial charge on any atom is 0.325 e. The van der Waals surface area contributed by atoms with Crippen molar-refractivity contribution < 1.29 is 9.90 Å². The third kappa shape index (κ3) is 3.02. The molecular formula is C8H9BrN2O2. The number of anilines is 1. The van der Waals surface area contributed by atoms with Gasteiger partial charge in [-0.3, -0.25) is 4.79 Å². The first kappa shape index (κ1) is 9.98. The van der Waals surface area contributed by atoms with Gasteiger partial charge in [0.15, 0.2) is 0 Å². The minimum atomic E-state index is -0.898. The van der Waals surface area contributed by atoms with Crippen molar-refractivity contribution in [1.29, 1.82) is 0 Å². The quantitative estimate of drug-likeness (QED) is 0.851. The summed E-state index contributed by atoms with van der Waals surface area (Å²) in [5.74, 6) is -0.345. The van der Waals surface area contributed by atoms with Crippen LogP contribution in [0.3, 0.4) is 0 Å². The van der Waals surface area contributed by atoms with Gasteiger partial charge < -0.3 is 10.4 Å². The predicted octanol–water partition coefficient (Wildman–Crippen LogP) is 1.73. The van der Waals surface area contributed by atoms with E-state index >= 15 is 0 Å². The molecule has 1 atom stereocenters. The Balaban J connectivity index is 2.64. The fourth-order valence-corrected chi connectivity index (χ4v) is 0.979. The standard InChI is InChI=1S/C8H9BrN2O2/c1-5(8(12)13)11-7-3-2-6(9)4-10-7/h2-5H,1H3,(H,10,11)(H,12,13)/t5-/m0/s1. The second-order valence-electron chi connectivity index (χ2n) is 2.57. The fourth-order valence-electron chi connectivity index (χ4n) is 0.745. The number of nitrogens with zero attached hydrogens (tertiary/aromatic N) is 1. The lowest BCUT2D eigenvalue weighted by Crippen LogP contribution is -2.25. The van der Waals surface area contributed by atoms with Crippen LogP contribution < -0.4 is 5.32 Å². The first-order chi connectivity index (χ1) is 6.09. The minimum Gasteiger partial charge on any atom is -0.480 e. The first-order valence-electron chi connectivity index (χ1n) is 3.70. The molecule has 1 heterocycles. The Hall–Kier alpha value is -1.10. The molecule has 13 heavy (non-hydrogen) atoms. The molecule has 0 aromatic carbocycles. The van der Waals surface area contributed by atoms with Gasteiger partial charge in [0.1, 0.15) is 11.9 Å². The highest BCUT2D eigenvalue weighted by Crippen LogP contribution is 2.11. The van der Waals surface area contributed by atoms with Crippen molar-refractivity contribution in [1.82, 2.24) is 4.98 Å². The van der Waals surface area contributed by atoms with E-state index in [1.807, 2.05) is 0 Å². The van der Waals surface area contributed by atoms with Gasteiger partial charge in [0.2, 0.25) is 0 Å². The van der Waals surface area contributed by atoms with E-state index in [-0.39, 0.29) is 0 Å². The van der Waals surface area contributed by atoms with E-state index in [4.69, 9.17) is 5.11 Å². The molecule has 0 saturated carbocycles. The van der Waals surface area contributed by atoms with E-state index in [1.165, 1.54) is 0 Å². The molecule has 2 N–H and O–H groups in total. The molecular weight excluding hydrogens is 236 g/mol. The van der Waals surface area contributed by atoms with Crippen LogP contribution in [0.5, 0.6) is 0 Å².